The molecule has 0 radical (unpaired) electrons. The first-order valence-corrected chi connectivity index (χ1v) is 4.13. The molecule has 66 valence electrons. The first-order chi connectivity index (χ1) is 5.38. The van der Waals surface area contributed by atoms with Gasteiger partial charge in [0.15, 0.2) is 0 Å². The summed E-state index contributed by atoms with van der Waals surface area (Å²) in [6.07, 6.45) is 1.40. The minimum atomic E-state index is 0.288. The quantitative estimate of drug-likeness (QED) is 0.640. The summed E-state index contributed by atoms with van der Waals surface area (Å²) in [6.45, 7) is 2.66. The van der Waals surface area contributed by atoms with Gasteiger partial charge in [-0.25, -0.2) is 0 Å². The second-order valence-electron chi connectivity index (χ2n) is 2.96. The van der Waals surface area contributed by atoms with E-state index in [4.69, 9.17) is 9.47 Å². The Hall–Kier alpha value is -0.120. The number of hydrogen-bond donors (Lipinski definition) is 1. The number of ether oxygens (including phenoxy) is 2. The highest BCUT2D eigenvalue weighted by molar-refractivity contribution is 4.75. The molecule has 0 aromatic heterocycles. The van der Waals surface area contributed by atoms with Crippen LogP contribution in [0.2, 0.25) is 0 Å². The van der Waals surface area contributed by atoms with E-state index in [2.05, 4.69) is 5.32 Å². The molecule has 0 amide bonds. The molecule has 1 fully saturated rings. The molecule has 0 saturated carbocycles. The predicted molar refractivity (Wildman–Crippen MR) is 43.6 cm³/mol. The van der Waals surface area contributed by atoms with Gasteiger partial charge in [0, 0.05) is 26.2 Å². The zero-order valence-electron chi connectivity index (χ0n) is 7.30. The zero-order chi connectivity index (χ0) is 8.10. The Morgan fingerprint density at radius 1 is 1.64 bits per heavy atom. The summed E-state index contributed by atoms with van der Waals surface area (Å²) in [4.78, 5) is 0. The molecule has 1 rings (SSSR count). The summed E-state index contributed by atoms with van der Waals surface area (Å²) in [5.74, 6) is 0.624. The van der Waals surface area contributed by atoms with Gasteiger partial charge in [-0.1, -0.05) is 0 Å². The SMILES string of the molecule is CNCC1CCOCC1OC. The van der Waals surface area contributed by atoms with Crippen molar-refractivity contribution in [1.29, 1.82) is 0 Å². The molecule has 0 aromatic carbocycles. The van der Waals surface area contributed by atoms with Crippen molar-refractivity contribution in [2.24, 2.45) is 5.92 Å². The lowest BCUT2D eigenvalue weighted by Crippen LogP contribution is -2.39. The molecule has 1 heterocycles. The summed E-state index contributed by atoms with van der Waals surface area (Å²) < 4.78 is 10.6. The highest BCUT2D eigenvalue weighted by Gasteiger charge is 2.24. The van der Waals surface area contributed by atoms with Gasteiger partial charge in [-0.15, -0.1) is 0 Å². The van der Waals surface area contributed by atoms with E-state index in [0.29, 0.717) is 5.92 Å². The molecule has 2 unspecified atom stereocenters. The van der Waals surface area contributed by atoms with Crippen LogP contribution in [0.5, 0.6) is 0 Å². The van der Waals surface area contributed by atoms with Crippen molar-refractivity contribution in [2.75, 3.05) is 33.9 Å². The van der Waals surface area contributed by atoms with Gasteiger partial charge in [-0.05, 0) is 13.5 Å². The maximum absolute atomic E-state index is 5.30. The highest BCUT2D eigenvalue weighted by Crippen LogP contribution is 2.16. The van der Waals surface area contributed by atoms with Crippen LogP contribution >= 0.6 is 0 Å². The monoisotopic (exact) mass is 159 g/mol. The molecule has 1 aliphatic heterocycles. The van der Waals surface area contributed by atoms with Crippen molar-refractivity contribution >= 4 is 0 Å². The number of nitrogens with one attached hydrogen (secondary N) is 1. The van der Waals surface area contributed by atoms with Crippen molar-refractivity contribution in [3.8, 4) is 0 Å². The highest BCUT2D eigenvalue weighted by atomic mass is 16.5. The van der Waals surface area contributed by atoms with Crippen LogP contribution in [-0.4, -0.2) is 40.0 Å². The third kappa shape index (κ3) is 2.43. The summed E-state index contributed by atoms with van der Waals surface area (Å²) >= 11 is 0. The fourth-order valence-electron chi connectivity index (χ4n) is 1.51. The number of hydrogen-bond acceptors (Lipinski definition) is 3. The Morgan fingerprint density at radius 2 is 2.45 bits per heavy atom. The summed E-state index contributed by atoms with van der Waals surface area (Å²) in [7, 11) is 3.73. The maximum Gasteiger partial charge on any atom is 0.0845 e. The second kappa shape index (κ2) is 4.70. The van der Waals surface area contributed by atoms with E-state index in [1.54, 1.807) is 7.11 Å². The van der Waals surface area contributed by atoms with E-state index in [1.165, 1.54) is 0 Å². The van der Waals surface area contributed by atoms with Crippen LogP contribution in [0.3, 0.4) is 0 Å². The fraction of sp³-hybridized carbons (Fsp3) is 1.00. The van der Waals surface area contributed by atoms with Crippen molar-refractivity contribution in [3.63, 3.8) is 0 Å². The third-order valence-corrected chi connectivity index (χ3v) is 2.21. The van der Waals surface area contributed by atoms with Crippen molar-refractivity contribution in [3.05, 3.63) is 0 Å². The molecule has 1 N–H and O–H groups in total. The average Bonchev–Trinajstić information content (AvgIpc) is 2.06. The van der Waals surface area contributed by atoms with Crippen molar-refractivity contribution < 1.29 is 9.47 Å². The molecule has 3 nitrogen and oxygen atoms in total. The maximum atomic E-state index is 5.30. The molecule has 3 heteroatoms. The van der Waals surface area contributed by atoms with E-state index < -0.39 is 0 Å². The van der Waals surface area contributed by atoms with Crippen LogP contribution in [0.1, 0.15) is 6.42 Å². The van der Waals surface area contributed by atoms with Gasteiger partial charge in [-0.3, -0.25) is 0 Å². The Morgan fingerprint density at radius 3 is 3.09 bits per heavy atom. The summed E-state index contributed by atoms with van der Waals surface area (Å²) in [5, 5.41) is 3.17. The smallest absolute Gasteiger partial charge is 0.0845 e. The average molecular weight is 159 g/mol. The van der Waals surface area contributed by atoms with Gasteiger partial charge < -0.3 is 14.8 Å². The van der Waals surface area contributed by atoms with Gasteiger partial charge in [0.2, 0.25) is 0 Å². The van der Waals surface area contributed by atoms with Crippen LogP contribution in [0.4, 0.5) is 0 Å². The second-order valence-corrected chi connectivity index (χ2v) is 2.96. The van der Waals surface area contributed by atoms with Gasteiger partial charge >= 0.3 is 0 Å². The van der Waals surface area contributed by atoms with Crippen LogP contribution in [0.15, 0.2) is 0 Å². The van der Waals surface area contributed by atoms with Crippen molar-refractivity contribution in [2.45, 2.75) is 12.5 Å². The largest absolute Gasteiger partial charge is 0.379 e. The fourth-order valence-corrected chi connectivity index (χ4v) is 1.51. The normalized spacial score (nSPS) is 32.2. The number of rotatable bonds is 3. The van der Waals surface area contributed by atoms with Gasteiger partial charge in [0.05, 0.1) is 12.7 Å². The minimum absolute atomic E-state index is 0.288. The Kier molecular flexibility index (Phi) is 3.83. The van der Waals surface area contributed by atoms with E-state index in [1.807, 2.05) is 7.05 Å². The lowest BCUT2D eigenvalue weighted by atomic mass is 9.97. The lowest BCUT2D eigenvalue weighted by molar-refractivity contribution is -0.0641. The first kappa shape index (κ1) is 8.97. The summed E-state index contributed by atoms with van der Waals surface area (Å²) in [5.41, 5.74) is 0. The molecule has 2 atom stereocenters. The van der Waals surface area contributed by atoms with Crippen molar-refractivity contribution in [1.82, 2.24) is 5.32 Å². The van der Waals surface area contributed by atoms with E-state index in [9.17, 15) is 0 Å². The summed E-state index contributed by atoms with van der Waals surface area (Å²) in [6, 6.07) is 0. The van der Waals surface area contributed by atoms with Gasteiger partial charge in [0.1, 0.15) is 0 Å². The molecular formula is C8H17NO2. The zero-order valence-corrected chi connectivity index (χ0v) is 7.30. The molecule has 1 aliphatic rings. The predicted octanol–water partition coefficient (Wildman–Crippen LogP) is 0.257. The van der Waals surface area contributed by atoms with Crippen LogP contribution in [0.25, 0.3) is 0 Å². The van der Waals surface area contributed by atoms with Crippen LogP contribution < -0.4 is 5.32 Å². The number of methoxy groups -OCH3 is 1. The first-order valence-electron chi connectivity index (χ1n) is 4.13. The van der Waals surface area contributed by atoms with Crippen LogP contribution in [0, 0.1) is 5.92 Å². The molecule has 0 aromatic rings. The third-order valence-electron chi connectivity index (χ3n) is 2.21. The Labute approximate surface area is 68.1 Å². The van der Waals surface area contributed by atoms with E-state index in [0.717, 1.165) is 26.2 Å². The standard InChI is InChI=1S/C8H17NO2/c1-9-5-7-3-4-11-6-8(7)10-2/h7-9H,3-6H2,1-2H3. The topological polar surface area (TPSA) is 30.5 Å². The molecule has 11 heavy (non-hydrogen) atoms. The van der Waals surface area contributed by atoms with E-state index >= 15 is 0 Å². The molecule has 1 saturated heterocycles. The minimum Gasteiger partial charge on any atom is -0.379 e. The lowest BCUT2D eigenvalue weighted by Gasteiger charge is -2.30. The van der Waals surface area contributed by atoms with E-state index in [-0.39, 0.29) is 6.10 Å². The van der Waals surface area contributed by atoms with Gasteiger partial charge in [0.25, 0.3) is 0 Å². The van der Waals surface area contributed by atoms with Crippen LogP contribution in [-0.2, 0) is 9.47 Å². The Balaban J connectivity index is 2.31. The molecular weight excluding hydrogens is 142 g/mol. The molecule has 0 spiro atoms. The molecule has 0 bridgehead atoms. The Bertz CT molecular complexity index is 106. The van der Waals surface area contributed by atoms with Gasteiger partial charge in [-0.2, -0.15) is 0 Å². The molecule has 0 aliphatic carbocycles.